The number of piperidine rings is 1. The minimum atomic E-state index is 0.792. The van der Waals surface area contributed by atoms with Crippen LogP contribution in [0.5, 0.6) is 0 Å². The Kier molecular flexibility index (Phi) is 7.44. The molecule has 0 saturated carbocycles. The Balaban J connectivity index is 0.000000771. The molecule has 0 unspecified atom stereocenters. The van der Waals surface area contributed by atoms with Crippen molar-refractivity contribution in [1.29, 1.82) is 0 Å². The standard InChI is InChI=1S/C12H21N3S.C2H6/c1-2-5-14-6-3-11(4-7-14)9-15-10-12(16)8-13-15;1-2/h8,10-11,16H,2-7,9H2,1H3;1-2H3. The van der Waals surface area contributed by atoms with Gasteiger partial charge in [0.1, 0.15) is 0 Å². The number of hydrogen-bond acceptors (Lipinski definition) is 3. The Morgan fingerprint density at radius 2 is 2.00 bits per heavy atom. The molecular weight excluding hydrogens is 242 g/mol. The van der Waals surface area contributed by atoms with E-state index in [1.807, 2.05) is 30.9 Å². The van der Waals surface area contributed by atoms with E-state index in [1.165, 1.54) is 38.9 Å². The van der Waals surface area contributed by atoms with Crippen LogP contribution in [0.3, 0.4) is 0 Å². The first-order chi connectivity index (χ1) is 8.78. The molecule has 0 aromatic carbocycles. The Labute approximate surface area is 117 Å². The molecule has 2 heterocycles. The first kappa shape index (κ1) is 15.6. The second-order valence-corrected chi connectivity index (χ2v) is 5.22. The van der Waals surface area contributed by atoms with Gasteiger partial charge in [-0.2, -0.15) is 5.10 Å². The van der Waals surface area contributed by atoms with E-state index in [0.29, 0.717) is 0 Å². The molecule has 0 N–H and O–H groups in total. The van der Waals surface area contributed by atoms with Crippen LogP contribution in [0.25, 0.3) is 0 Å². The molecular formula is C14H27N3S. The van der Waals surface area contributed by atoms with E-state index in [0.717, 1.165) is 17.4 Å². The van der Waals surface area contributed by atoms with Crippen molar-refractivity contribution < 1.29 is 0 Å². The van der Waals surface area contributed by atoms with Crippen LogP contribution in [0.2, 0.25) is 0 Å². The maximum atomic E-state index is 4.29. The van der Waals surface area contributed by atoms with Crippen LogP contribution in [0, 0.1) is 5.92 Å². The van der Waals surface area contributed by atoms with Gasteiger partial charge in [-0.05, 0) is 44.8 Å². The minimum Gasteiger partial charge on any atom is -0.303 e. The third kappa shape index (κ3) is 5.02. The van der Waals surface area contributed by atoms with Gasteiger partial charge in [0.25, 0.3) is 0 Å². The molecule has 104 valence electrons. The summed E-state index contributed by atoms with van der Waals surface area (Å²) in [5.41, 5.74) is 0. The zero-order valence-corrected chi connectivity index (χ0v) is 12.9. The fourth-order valence-corrected chi connectivity index (χ4v) is 2.61. The Bertz CT molecular complexity index is 317. The Morgan fingerprint density at radius 3 is 2.50 bits per heavy atom. The highest BCUT2D eigenvalue weighted by Gasteiger charge is 2.18. The molecule has 1 aliphatic heterocycles. The molecule has 1 fully saturated rings. The minimum absolute atomic E-state index is 0.792. The van der Waals surface area contributed by atoms with Crippen molar-refractivity contribution in [2.24, 2.45) is 5.92 Å². The topological polar surface area (TPSA) is 21.1 Å². The lowest BCUT2D eigenvalue weighted by molar-refractivity contribution is 0.171. The highest BCUT2D eigenvalue weighted by Crippen LogP contribution is 2.19. The molecule has 18 heavy (non-hydrogen) atoms. The van der Waals surface area contributed by atoms with E-state index in [4.69, 9.17) is 0 Å². The number of likely N-dealkylation sites (tertiary alicyclic amines) is 1. The molecule has 1 aliphatic rings. The lowest BCUT2D eigenvalue weighted by Crippen LogP contribution is -2.35. The highest BCUT2D eigenvalue weighted by atomic mass is 32.1. The predicted octanol–water partition coefficient (Wildman–Crippen LogP) is 3.32. The van der Waals surface area contributed by atoms with Gasteiger partial charge in [-0.1, -0.05) is 20.8 Å². The zero-order chi connectivity index (χ0) is 13.4. The first-order valence-corrected chi connectivity index (χ1v) is 7.66. The molecule has 0 aliphatic carbocycles. The van der Waals surface area contributed by atoms with Crippen LogP contribution in [-0.2, 0) is 6.54 Å². The molecule has 0 radical (unpaired) electrons. The molecule has 1 aromatic heterocycles. The molecule has 1 aromatic rings. The third-order valence-electron chi connectivity index (χ3n) is 3.31. The van der Waals surface area contributed by atoms with Crippen LogP contribution < -0.4 is 0 Å². The summed E-state index contributed by atoms with van der Waals surface area (Å²) in [7, 11) is 0. The lowest BCUT2D eigenvalue weighted by atomic mass is 9.97. The van der Waals surface area contributed by atoms with Crippen LogP contribution in [0.4, 0.5) is 0 Å². The molecule has 4 heteroatoms. The van der Waals surface area contributed by atoms with Crippen LogP contribution in [0.1, 0.15) is 40.0 Å². The summed E-state index contributed by atoms with van der Waals surface area (Å²) in [6, 6.07) is 0. The van der Waals surface area contributed by atoms with Crippen molar-refractivity contribution >= 4 is 12.6 Å². The van der Waals surface area contributed by atoms with Crippen molar-refractivity contribution in [2.75, 3.05) is 19.6 Å². The molecule has 0 bridgehead atoms. The van der Waals surface area contributed by atoms with Gasteiger partial charge >= 0.3 is 0 Å². The maximum Gasteiger partial charge on any atom is 0.0623 e. The van der Waals surface area contributed by atoms with E-state index in [1.54, 1.807) is 0 Å². The summed E-state index contributed by atoms with van der Waals surface area (Å²) < 4.78 is 2.03. The van der Waals surface area contributed by atoms with Crippen molar-refractivity contribution in [3.63, 3.8) is 0 Å². The predicted molar refractivity (Wildman–Crippen MR) is 80.3 cm³/mol. The summed E-state index contributed by atoms with van der Waals surface area (Å²) in [5, 5.41) is 4.29. The van der Waals surface area contributed by atoms with Crippen molar-refractivity contribution in [2.45, 2.75) is 51.5 Å². The summed E-state index contributed by atoms with van der Waals surface area (Å²) in [5.74, 6) is 0.792. The summed E-state index contributed by atoms with van der Waals surface area (Å²) >= 11 is 4.27. The van der Waals surface area contributed by atoms with Crippen LogP contribution in [0.15, 0.2) is 17.3 Å². The van der Waals surface area contributed by atoms with Gasteiger partial charge in [-0.3, -0.25) is 4.68 Å². The summed E-state index contributed by atoms with van der Waals surface area (Å²) in [6.07, 6.45) is 7.72. The normalized spacial score (nSPS) is 17.3. The van der Waals surface area contributed by atoms with Crippen molar-refractivity contribution in [3.8, 4) is 0 Å². The molecule has 1 saturated heterocycles. The molecule has 0 amide bonds. The van der Waals surface area contributed by atoms with E-state index in [2.05, 4.69) is 29.6 Å². The van der Waals surface area contributed by atoms with Gasteiger partial charge < -0.3 is 4.90 Å². The number of rotatable bonds is 4. The van der Waals surface area contributed by atoms with Gasteiger partial charge in [0.2, 0.25) is 0 Å². The number of thiol groups is 1. The average molecular weight is 269 g/mol. The highest BCUT2D eigenvalue weighted by molar-refractivity contribution is 7.80. The largest absolute Gasteiger partial charge is 0.303 e. The van der Waals surface area contributed by atoms with Gasteiger partial charge in [-0.15, -0.1) is 12.6 Å². The fraction of sp³-hybridized carbons (Fsp3) is 0.786. The second-order valence-electron chi connectivity index (χ2n) is 4.71. The number of hydrogen-bond donors (Lipinski definition) is 1. The van der Waals surface area contributed by atoms with Gasteiger partial charge in [-0.25, -0.2) is 0 Å². The fourth-order valence-electron chi connectivity index (χ4n) is 2.43. The molecule has 3 nitrogen and oxygen atoms in total. The maximum absolute atomic E-state index is 4.29. The molecule has 0 atom stereocenters. The Morgan fingerprint density at radius 1 is 1.33 bits per heavy atom. The van der Waals surface area contributed by atoms with Crippen LogP contribution >= 0.6 is 12.6 Å². The average Bonchev–Trinajstić information content (AvgIpc) is 2.80. The zero-order valence-electron chi connectivity index (χ0n) is 12.0. The third-order valence-corrected chi connectivity index (χ3v) is 3.54. The number of aromatic nitrogens is 2. The quantitative estimate of drug-likeness (QED) is 0.847. The lowest BCUT2D eigenvalue weighted by Gasteiger charge is -2.31. The smallest absolute Gasteiger partial charge is 0.0623 e. The van der Waals surface area contributed by atoms with Gasteiger partial charge in [0.15, 0.2) is 0 Å². The SMILES string of the molecule is CC.CCCN1CCC(Cn2cc(S)cn2)CC1. The molecule has 0 spiro atoms. The van der Waals surface area contributed by atoms with E-state index < -0.39 is 0 Å². The van der Waals surface area contributed by atoms with Crippen molar-refractivity contribution in [1.82, 2.24) is 14.7 Å². The Hall–Kier alpha value is -0.480. The second kappa shape index (κ2) is 8.59. The van der Waals surface area contributed by atoms with E-state index >= 15 is 0 Å². The summed E-state index contributed by atoms with van der Waals surface area (Å²) in [6.45, 7) is 11.1. The van der Waals surface area contributed by atoms with Gasteiger partial charge in [0, 0.05) is 17.6 Å². The molecule has 2 rings (SSSR count). The summed E-state index contributed by atoms with van der Waals surface area (Å²) in [4.78, 5) is 3.53. The first-order valence-electron chi connectivity index (χ1n) is 7.21. The monoisotopic (exact) mass is 269 g/mol. The van der Waals surface area contributed by atoms with Crippen LogP contribution in [-0.4, -0.2) is 34.3 Å². The van der Waals surface area contributed by atoms with Crippen molar-refractivity contribution in [3.05, 3.63) is 12.4 Å². The van der Waals surface area contributed by atoms with E-state index in [9.17, 15) is 0 Å². The van der Waals surface area contributed by atoms with Gasteiger partial charge in [0.05, 0.1) is 6.20 Å². The van der Waals surface area contributed by atoms with E-state index in [-0.39, 0.29) is 0 Å². The number of nitrogens with zero attached hydrogens (tertiary/aromatic N) is 3.